The molecule has 4 atom stereocenters. The van der Waals surface area contributed by atoms with Gasteiger partial charge >= 0.3 is 6.03 Å². The Morgan fingerprint density at radius 2 is 2.29 bits per heavy atom. The Morgan fingerprint density at radius 3 is 2.96 bits per heavy atom. The van der Waals surface area contributed by atoms with Crippen molar-refractivity contribution in [3.63, 3.8) is 0 Å². The van der Waals surface area contributed by atoms with Gasteiger partial charge in [-0.05, 0) is 32.3 Å². The third-order valence-electron chi connectivity index (χ3n) is 6.43. The van der Waals surface area contributed by atoms with Gasteiger partial charge in [0.15, 0.2) is 0 Å². The van der Waals surface area contributed by atoms with Crippen molar-refractivity contribution in [3.8, 4) is 0 Å². The minimum absolute atomic E-state index is 0.0415. The fourth-order valence-corrected chi connectivity index (χ4v) is 4.71. The van der Waals surface area contributed by atoms with E-state index in [1.54, 1.807) is 0 Å². The summed E-state index contributed by atoms with van der Waals surface area (Å²) in [5.74, 6) is 0.160. The molecule has 8 heteroatoms. The number of hydrogen-bond acceptors (Lipinski definition) is 5. The van der Waals surface area contributed by atoms with Gasteiger partial charge in [-0.25, -0.2) is 4.79 Å². The first-order valence-corrected chi connectivity index (χ1v) is 10.4. The molecule has 4 heterocycles. The number of nitrogens with one attached hydrogen (secondary N) is 1. The van der Waals surface area contributed by atoms with Crippen molar-refractivity contribution in [1.29, 1.82) is 0 Å². The predicted octanol–water partition coefficient (Wildman–Crippen LogP) is 1.52. The maximum absolute atomic E-state index is 12.9. The number of rotatable bonds is 4. The predicted molar refractivity (Wildman–Crippen MR) is 103 cm³/mol. The maximum Gasteiger partial charge on any atom is 0.317 e. The summed E-state index contributed by atoms with van der Waals surface area (Å²) in [6.45, 7) is 7.43. The van der Waals surface area contributed by atoms with Crippen LogP contribution in [-0.4, -0.2) is 77.0 Å². The topological polar surface area (TPSA) is 88.9 Å². The number of aromatic nitrogens is 2. The van der Waals surface area contributed by atoms with Gasteiger partial charge in [-0.3, -0.25) is 4.68 Å². The number of aliphatic hydroxyl groups excluding tert-OH is 1. The van der Waals surface area contributed by atoms with E-state index in [1.807, 2.05) is 22.0 Å². The number of urea groups is 1. The average Bonchev–Trinajstić information content (AvgIpc) is 3.41. The van der Waals surface area contributed by atoms with Crippen molar-refractivity contribution >= 4 is 6.03 Å². The lowest BCUT2D eigenvalue weighted by Crippen LogP contribution is -2.51. The number of amides is 2. The van der Waals surface area contributed by atoms with Crippen molar-refractivity contribution in [2.75, 3.05) is 39.5 Å². The zero-order valence-corrected chi connectivity index (χ0v) is 16.8. The molecule has 1 spiro atoms. The molecule has 1 aromatic rings. The summed E-state index contributed by atoms with van der Waals surface area (Å²) < 4.78 is 13.4. The number of carbonyl (C=O) groups excluding carboxylic acids is 1. The van der Waals surface area contributed by atoms with Crippen molar-refractivity contribution in [1.82, 2.24) is 20.0 Å². The Kier molecular flexibility index (Phi) is 5.62. The van der Waals surface area contributed by atoms with Crippen LogP contribution in [0.25, 0.3) is 0 Å². The van der Waals surface area contributed by atoms with E-state index in [9.17, 15) is 9.90 Å². The van der Waals surface area contributed by atoms with Crippen LogP contribution < -0.4 is 5.32 Å². The number of nitrogens with zero attached hydrogens (tertiary/aromatic N) is 3. The fraction of sp³-hybridized carbons (Fsp3) is 0.800. The second-order valence-electron chi connectivity index (χ2n) is 8.77. The normalized spacial score (nSPS) is 33.1. The van der Waals surface area contributed by atoms with Crippen LogP contribution in [0.1, 0.15) is 50.6 Å². The van der Waals surface area contributed by atoms with Crippen LogP contribution in [0.5, 0.6) is 0 Å². The summed E-state index contributed by atoms with van der Waals surface area (Å²) in [4.78, 5) is 14.7. The van der Waals surface area contributed by atoms with Crippen molar-refractivity contribution < 1.29 is 19.4 Å². The minimum Gasteiger partial charge on any atom is -0.396 e. The lowest BCUT2D eigenvalue weighted by molar-refractivity contribution is -0.0881. The Bertz CT molecular complexity index is 686. The Labute approximate surface area is 166 Å². The summed E-state index contributed by atoms with van der Waals surface area (Å²) in [6.07, 6.45) is 6.45. The summed E-state index contributed by atoms with van der Waals surface area (Å²) in [7, 11) is 0. The Balaban J connectivity index is 1.38. The lowest BCUT2D eigenvalue weighted by atomic mass is 9.90. The Hall–Kier alpha value is -1.64. The van der Waals surface area contributed by atoms with Gasteiger partial charge in [-0.1, -0.05) is 0 Å². The lowest BCUT2D eigenvalue weighted by Gasteiger charge is -2.37. The van der Waals surface area contributed by atoms with Crippen molar-refractivity contribution in [3.05, 3.63) is 18.0 Å². The summed E-state index contributed by atoms with van der Waals surface area (Å²) in [6, 6.07) is 0.360. The molecule has 1 aromatic heterocycles. The van der Waals surface area contributed by atoms with E-state index in [0.29, 0.717) is 32.3 Å². The first-order chi connectivity index (χ1) is 13.5. The van der Waals surface area contributed by atoms with Crippen molar-refractivity contribution in [2.24, 2.45) is 5.92 Å². The highest BCUT2D eigenvalue weighted by Crippen LogP contribution is 2.34. The van der Waals surface area contributed by atoms with Gasteiger partial charge in [0.2, 0.25) is 0 Å². The molecule has 156 valence electrons. The number of carbonyl (C=O) groups is 1. The molecule has 0 aliphatic carbocycles. The quantitative estimate of drug-likeness (QED) is 0.811. The molecule has 2 amide bonds. The molecule has 3 saturated heterocycles. The van der Waals surface area contributed by atoms with Gasteiger partial charge in [0.05, 0.1) is 18.4 Å². The van der Waals surface area contributed by atoms with E-state index in [1.165, 1.54) is 0 Å². The zero-order chi connectivity index (χ0) is 19.7. The maximum atomic E-state index is 12.9. The van der Waals surface area contributed by atoms with E-state index in [-0.39, 0.29) is 36.1 Å². The molecule has 2 N–H and O–H groups in total. The summed E-state index contributed by atoms with van der Waals surface area (Å²) in [5.41, 5.74) is 0.874. The third-order valence-corrected chi connectivity index (χ3v) is 6.43. The smallest absolute Gasteiger partial charge is 0.317 e. The van der Waals surface area contributed by atoms with Crippen LogP contribution >= 0.6 is 0 Å². The monoisotopic (exact) mass is 392 g/mol. The second-order valence-corrected chi connectivity index (χ2v) is 8.77. The van der Waals surface area contributed by atoms with Crippen molar-refractivity contribution in [2.45, 2.75) is 56.7 Å². The first kappa shape index (κ1) is 19.7. The van der Waals surface area contributed by atoms with E-state index < -0.39 is 0 Å². The number of aliphatic hydroxyl groups is 1. The van der Waals surface area contributed by atoms with Crippen LogP contribution in [0, 0.1) is 5.92 Å². The molecule has 0 radical (unpaired) electrons. The van der Waals surface area contributed by atoms with Crippen LogP contribution in [0.2, 0.25) is 0 Å². The standard InChI is InChI=1S/C20H32N4O4/c1-14(2)24-10-15(8-21-24)18-11-23(9-16(18)12-25)19(26)22-17-3-5-28-20(7-17)4-6-27-13-20/h8,10,14,16-18,25H,3-7,9,11-13H2,1-2H3,(H,22,26)/t16-,17?,18-,20?/m0/s1. The van der Waals surface area contributed by atoms with Crippen LogP contribution in [0.3, 0.4) is 0 Å². The molecule has 2 unspecified atom stereocenters. The highest BCUT2D eigenvalue weighted by molar-refractivity contribution is 5.75. The number of hydrogen-bond donors (Lipinski definition) is 2. The average molecular weight is 393 g/mol. The zero-order valence-electron chi connectivity index (χ0n) is 16.8. The van der Waals surface area contributed by atoms with Crippen LogP contribution in [-0.2, 0) is 9.47 Å². The summed E-state index contributed by atoms with van der Waals surface area (Å²) in [5, 5.41) is 17.5. The molecule has 3 aliphatic heterocycles. The van der Waals surface area contributed by atoms with E-state index >= 15 is 0 Å². The number of ether oxygens (including phenoxy) is 2. The summed E-state index contributed by atoms with van der Waals surface area (Å²) >= 11 is 0. The van der Waals surface area contributed by atoms with Crippen LogP contribution in [0.15, 0.2) is 12.4 Å². The number of likely N-dealkylation sites (tertiary alicyclic amines) is 1. The molecule has 0 bridgehead atoms. The SMILES string of the molecule is CC(C)n1cc([C@@H]2CN(C(=O)NC3CCOC4(CCOC4)C3)C[C@H]2CO)cn1. The third kappa shape index (κ3) is 3.90. The molecule has 8 nitrogen and oxygen atoms in total. The van der Waals surface area contributed by atoms with Gasteiger partial charge in [-0.2, -0.15) is 5.10 Å². The molecule has 28 heavy (non-hydrogen) atoms. The molecule has 4 rings (SSSR count). The molecule has 0 aromatic carbocycles. The van der Waals surface area contributed by atoms with Gasteiger partial charge < -0.3 is 24.8 Å². The first-order valence-electron chi connectivity index (χ1n) is 10.4. The molecular formula is C20H32N4O4. The molecule has 0 saturated carbocycles. The highest BCUT2D eigenvalue weighted by Gasteiger charge is 2.42. The molecular weight excluding hydrogens is 360 g/mol. The van der Waals surface area contributed by atoms with E-state index in [0.717, 1.165) is 31.4 Å². The Morgan fingerprint density at radius 1 is 1.43 bits per heavy atom. The van der Waals surface area contributed by atoms with Crippen LogP contribution in [0.4, 0.5) is 4.79 Å². The fourth-order valence-electron chi connectivity index (χ4n) is 4.71. The largest absolute Gasteiger partial charge is 0.396 e. The molecule has 3 fully saturated rings. The molecule has 3 aliphatic rings. The van der Waals surface area contributed by atoms with E-state index in [4.69, 9.17) is 9.47 Å². The van der Waals surface area contributed by atoms with Gasteiger partial charge in [0.1, 0.15) is 0 Å². The van der Waals surface area contributed by atoms with Gasteiger partial charge in [0, 0.05) is 69.4 Å². The highest BCUT2D eigenvalue weighted by atomic mass is 16.6. The van der Waals surface area contributed by atoms with Gasteiger partial charge in [0.25, 0.3) is 0 Å². The second kappa shape index (κ2) is 8.00. The minimum atomic E-state index is -0.219. The van der Waals surface area contributed by atoms with E-state index in [2.05, 4.69) is 24.3 Å². The van der Waals surface area contributed by atoms with Gasteiger partial charge in [-0.15, -0.1) is 0 Å².